The third-order valence-electron chi connectivity index (χ3n) is 4.33. The fourth-order valence-electron chi connectivity index (χ4n) is 2.88. The largest absolute Gasteiger partial charge is 0.496 e. The van der Waals surface area contributed by atoms with Crippen molar-refractivity contribution in [2.75, 3.05) is 26.7 Å². The normalized spacial score (nSPS) is 14.9. The Kier molecular flexibility index (Phi) is 6.32. The van der Waals surface area contributed by atoms with Crippen LogP contribution in [0.25, 0.3) is 0 Å². The third-order valence-corrected chi connectivity index (χ3v) is 4.33. The van der Waals surface area contributed by atoms with Crippen molar-refractivity contribution >= 4 is 17.5 Å². The molecule has 0 unspecified atom stereocenters. The van der Waals surface area contributed by atoms with Crippen LogP contribution in [0.3, 0.4) is 0 Å². The number of benzene rings is 1. The Morgan fingerprint density at radius 2 is 2.04 bits per heavy atom. The van der Waals surface area contributed by atoms with E-state index in [9.17, 15) is 19.7 Å². The third kappa shape index (κ3) is 4.46. The predicted molar refractivity (Wildman–Crippen MR) is 91.6 cm³/mol. The summed E-state index contributed by atoms with van der Waals surface area (Å²) < 4.78 is 5.16. The van der Waals surface area contributed by atoms with Gasteiger partial charge in [0.1, 0.15) is 5.75 Å². The highest BCUT2D eigenvalue weighted by molar-refractivity contribution is 5.97. The SMILES string of the molecule is CCCNC(=O)C1CCN(C(=O)c2cc([N+](=O)[O-])ccc2OC)CC1. The number of nitrogens with one attached hydrogen (secondary N) is 1. The maximum absolute atomic E-state index is 12.7. The van der Waals surface area contributed by atoms with E-state index >= 15 is 0 Å². The van der Waals surface area contributed by atoms with Crippen molar-refractivity contribution in [2.45, 2.75) is 26.2 Å². The molecule has 0 atom stereocenters. The van der Waals surface area contributed by atoms with Crippen LogP contribution >= 0.6 is 0 Å². The van der Waals surface area contributed by atoms with E-state index in [0.717, 1.165) is 6.42 Å². The highest BCUT2D eigenvalue weighted by Gasteiger charge is 2.29. The summed E-state index contributed by atoms with van der Waals surface area (Å²) >= 11 is 0. The Labute approximate surface area is 146 Å². The second-order valence-electron chi connectivity index (χ2n) is 6.00. The zero-order valence-electron chi connectivity index (χ0n) is 14.5. The topological polar surface area (TPSA) is 102 Å². The van der Waals surface area contributed by atoms with Gasteiger partial charge in [-0.3, -0.25) is 19.7 Å². The lowest BCUT2D eigenvalue weighted by molar-refractivity contribution is -0.384. The molecule has 2 amide bonds. The summed E-state index contributed by atoms with van der Waals surface area (Å²) in [6, 6.07) is 3.97. The number of nitrogens with zero attached hydrogens (tertiary/aromatic N) is 2. The Morgan fingerprint density at radius 3 is 2.60 bits per heavy atom. The van der Waals surface area contributed by atoms with Gasteiger partial charge in [-0.1, -0.05) is 6.92 Å². The van der Waals surface area contributed by atoms with Crippen molar-refractivity contribution in [1.29, 1.82) is 0 Å². The number of rotatable bonds is 6. The van der Waals surface area contributed by atoms with E-state index in [2.05, 4.69) is 5.32 Å². The molecule has 1 aliphatic rings. The first kappa shape index (κ1) is 18.7. The molecule has 1 saturated heterocycles. The van der Waals surface area contributed by atoms with Crippen LogP contribution in [0.15, 0.2) is 18.2 Å². The van der Waals surface area contributed by atoms with Crippen molar-refractivity contribution < 1.29 is 19.2 Å². The summed E-state index contributed by atoms with van der Waals surface area (Å²) in [4.78, 5) is 36.8. The lowest BCUT2D eigenvalue weighted by Crippen LogP contribution is -2.43. The summed E-state index contributed by atoms with van der Waals surface area (Å²) in [7, 11) is 1.42. The number of nitro benzene ring substituents is 1. The van der Waals surface area contributed by atoms with Crippen LogP contribution in [0.2, 0.25) is 0 Å². The van der Waals surface area contributed by atoms with Gasteiger partial charge < -0.3 is 15.0 Å². The van der Waals surface area contributed by atoms with Crippen LogP contribution in [-0.4, -0.2) is 48.4 Å². The molecule has 1 N–H and O–H groups in total. The van der Waals surface area contributed by atoms with E-state index in [1.54, 1.807) is 4.90 Å². The monoisotopic (exact) mass is 349 g/mol. The molecule has 1 aliphatic heterocycles. The minimum atomic E-state index is -0.541. The highest BCUT2D eigenvalue weighted by atomic mass is 16.6. The van der Waals surface area contributed by atoms with Crippen LogP contribution in [0.5, 0.6) is 5.75 Å². The van der Waals surface area contributed by atoms with Crippen LogP contribution in [-0.2, 0) is 4.79 Å². The predicted octanol–water partition coefficient (Wildman–Crippen LogP) is 1.98. The van der Waals surface area contributed by atoms with Gasteiger partial charge >= 0.3 is 0 Å². The standard InChI is InChI=1S/C17H23N3O5/c1-3-8-18-16(21)12-6-9-19(10-7-12)17(22)14-11-13(20(23)24)4-5-15(14)25-2/h4-5,11-12H,3,6-10H2,1-2H3,(H,18,21). The number of non-ortho nitro benzene ring substituents is 1. The molecule has 1 fully saturated rings. The summed E-state index contributed by atoms with van der Waals surface area (Å²) in [5, 5.41) is 13.8. The highest BCUT2D eigenvalue weighted by Crippen LogP contribution is 2.27. The molecule has 25 heavy (non-hydrogen) atoms. The Morgan fingerprint density at radius 1 is 1.36 bits per heavy atom. The lowest BCUT2D eigenvalue weighted by atomic mass is 9.95. The number of likely N-dealkylation sites (tertiary alicyclic amines) is 1. The van der Waals surface area contributed by atoms with Gasteiger partial charge in [-0.2, -0.15) is 0 Å². The van der Waals surface area contributed by atoms with Crippen molar-refractivity contribution in [1.82, 2.24) is 10.2 Å². The van der Waals surface area contributed by atoms with Gasteiger partial charge in [0, 0.05) is 37.7 Å². The average Bonchev–Trinajstić information content (AvgIpc) is 2.64. The minimum absolute atomic E-state index is 0.0295. The van der Waals surface area contributed by atoms with Crippen LogP contribution in [0, 0.1) is 16.0 Å². The summed E-state index contributed by atoms with van der Waals surface area (Å²) in [5.41, 5.74) is 0.0172. The maximum Gasteiger partial charge on any atom is 0.270 e. The van der Waals surface area contributed by atoms with Gasteiger partial charge in [-0.15, -0.1) is 0 Å². The van der Waals surface area contributed by atoms with Gasteiger partial charge in [-0.25, -0.2) is 0 Å². The number of hydrogen-bond donors (Lipinski definition) is 1. The Balaban J connectivity index is 2.06. The van der Waals surface area contributed by atoms with Crippen molar-refractivity contribution in [3.63, 3.8) is 0 Å². The van der Waals surface area contributed by atoms with E-state index in [4.69, 9.17) is 4.74 Å². The summed E-state index contributed by atoms with van der Waals surface area (Å²) in [6.45, 7) is 3.53. The number of carbonyl (C=O) groups is 2. The molecule has 0 aliphatic carbocycles. The molecule has 8 nitrogen and oxygen atoms in total. The first-order chi connectivity index (χ1) is 12.0. The fraction of sp³-hybridized carbons (Fsp3) is 0.529. The van der Waals surface area contributed by atoms with Crippen LogP contribution in [0.1, 0.15) is 36.5 Å². The molecule has 0 spiro atoms. The number of carbonyl (C=O) groups excluding carboxylic acids is 2. The molecule has 0 aromatic heterocycles. The van der Waals surface area contributed by atoms with E-state index in [-0.39, 0.29) is 29.0 Å². The molecule has 0 bridgehead atoms. The minimum Gasteiger partial charge on any atom is -0.496 e. The number of hydrogen-bond acceptors (Lipinski definition) is 5. The van der Waals surface area contributed by atoms with E-state index in [0.29, 0.717) is 38.2 Å². The second kappa shape index (κ2) is 8.46. The van der Waals surface area contributed by atoms with E-state index < -0.39 is 4.92 Å². The molecular weight excluding hydrogens is 326 g/mol. The molecular formula is C17H23N3O5. The van der Waals surface area contributed by atoms with Gasteiger partial charge in [0.15, 0.2) is 0 Å². The van der Waals surface area contributed by atoms with Gasteiger partial charge in [0.05, 0.1) is 17.6 Å². The molecule has 136 valence electrons. The quantitative estimate of drug-likeness (QED) is 0.625. The molecule has 0 saturated carbocycles. The lowest BCUT2D eigenvalue weighted by Gasteiger charge is -2.31. The fourth-order valence-corrected chi connectivity index (χ4v) is 2.88. The summed E-state index contributed by atoms with van der Waals surface area (Å²) in [5.74, 6) is -0.0733. The van der Waals surface area contributed by atoms with Crippen molar-refractivity contribution in [2.24, 2.45) is 5.92 Å². The molecule has 0 radical (unpaired) electrons. The average molecular weight is 349 g/mol. The number of amides is 2. The van der Waals surface area contributed by atoms with Gasteiger partial charge in [0.25, 0.3) is 11.6 Å². The summed E-state index contributed by atoms with van der Waals surface area (Å²) in [6.07, 6.45) is 2.05. The van der Waals surface area contributed by atoms with Crippen LogP contribution < -0.4 is 10.1 Å². The van der Waals surface area contributed by atoms with E-state index in [1.807, 2.05) is 6.92 Å². The van der Waals surface area contributed by atoms with Crippen LogP contribution in [0.4, 0.5) is 5.69 Å². The molecule has 1 aromatic carbocycles. The van der Waals surface area contributed by atoms with Gasteiger partial charge in [0.2, 0.25) is 5.91 Å². The van der Waals surface area contributed by atoms with Crippen molar-refractivity contribution in [3.05, 3.63) is 33.9 Å². The zero-order chi connectivity index (χ0) is 18.4. The number of nitro groups is 1. The molecule has 1 aromatic rings. The first-order valence-electron chi connectivity index (χ1n) is 8.37. The molecule has 8 heteroatoms. The number of ether oxygens (including phenoxy) is 1. The van der Waals surface area contributed by atoms with Gasteiger partial charge in [-0.05, 0) is 25.3 Å². The number of methoxy groups -OCH3 is 1. The zero-order valence-corrected chi connectivity index (χ0v) is 14.5. The Hall–Kier alpha value is -2.64. The number of piperidine rings is 1. The van der Waals surface area contributed by atoms with E-state index in [1.165, 1.54) is 25.3 Å². The molecule has 1 heterocycles. The molecule has 2 rings (SSSR count). The maximum atomic E-state index is 12.7. The first-order valence-corrected chi connectivity index (χ1v) is 8.37. The van der Waals surface area contributed by atoms with Crippen molar-refractivity contribution in [3.8, 4) is 5.75 Å². The Bertz CT molecular complexity index is 654. The smallest absolute Gasteiger partial charge is 0.270 e. The second-order valence-corrected chi connectivity index (χ2v) is 6.00.